The number of ketones is 1. The Hall–Kier alpha value is -1.49. The maximum Gasteiger partial charge on any atom is 0.170 e. The van der Waals surface area contributed by atoms with E-state index in [1.54, 1.807) is 18.5 Å². The lowest BCUT2D eigenvalue weighted by Crippen LogP contribution is -2.10. The van der Waals surface area contributed by atoms with Crippen LogP contribution in [0.3, 0.4) is 0 Å². The molecule has 0 saturated carbocycles. The van der Waals surface area contributed by atoms with Crippen molar-refractivity contribution in [1.29, 1.82) is 0 Å². The topological polar surface area (TPSA) is 47.8 Å². The lowest BCUT2D eigenvalue weighted by Gasteiger charge is -2.04. The molecule has 94 valence electrons. The molecule has 0 fully saturated rings. The largest absolute Gasteiger partial charge is 0.294 e. The Kier molecular flexibility index (Phi) is 3.91. The Morgan fingerprint density at radius 1 is 1.39 bits per heavy atom. The molecule has 0 bridgehead atoms. The van der Waals surface area contributed by atoms with E-state index in [0.717, 1.165) is 22.4 Å². The Balaban J connectivity index is 2.21. The summed E-state index contributed by atoms with van der Waals surface area (Å²) < 4.78 is 2.67. The fraction of sp³-hybridized carbons (Fsp3) is 0.308. The third kappa shape index (κ3) is 2.85. The van der Waals surface area contributed by atoms with Crippen molar-refractivity contribution in [3.05, 3.63) is 46.0 Å². The molecule has 0 aliphatic heterocycles. The minimum absolute atomic E-state index is 0.0541. The van der Waals surface area contributed by atoms with E-state index in [0.29, 0.717) is 12.0 Å². The van der Waals surface area contributed by atoms with Crippen LogP contribution in [-0.2, 0) is 13.0 Å². The summed E-state index contributed by atoms with van der Waals surface area (Å²) >= 11 is 3.32. The highest BCUT2D eigenvalue weighted by atomic mass is 79.9. The number of rotatable bonds is 4. The zero-order chi connectivity index (χ0) is 13.1. The lowest BCUT2D eigenvalue weighted by molar-refractivity contribution is 0.0990. The lowest BCUT2D eigenvalue weighted by atomic mass is 10.1. The number of hydrogen-bond acceptors (Lipinski definition) is 3. The zero-order valence-electron chi connectivity index (χ0n) is 10.4. The van der Waals surface area contributed by atoms with Gasteiger partial charge in [0.25, 0.3) is 0 Å². The minimum atomic E-state index is 0.0541. The van der Waals surface area contributed by atoms with Crippen LogP contribution in [0.4, 0.5) is 0 Å². The maximum absolute atomic E-state index is 12.1. The first kappa shape index (κ1) is 13.0. The summed E-state index contributed by atoms with van der Waals surface area (Å²) in [4.78, 5) is 16.1. The van der Waals surface area contributed by atoms with Crippen LogP contribution in [0.25, 0.3) is 0 Å². The average Bonchev–Trinajstić information content (AvgIpc) is 2.69. The minimum Gasteiger partial charge on any atom is -0.294 e. The van der Waals surface area contributed by atoms with E-state index < -0.39 is 0 Å². The van der Waals surface area contributed by atoms with Crippen LogP contribution in [0, 0.1) is 6.92 Å². The number of Topliss-reactive ketones (excluding diaryl/α,β-unsaturated/α-hetero) is 1. The number of pyridine rings is 1. The van der Waals surface area contributed by atoms with E-state index in [4.69, 9.17) is 0 Å². The second-order valence-electron chi connectivity index (χ2n) is 4.08. The van der Waals surface area contributed by atoms with Gasteiger partial charge < -0.3 is 0 Å². The summed E-state index contributed by atoms with van der Waals surface area (Å²) in [7, 11) is 0. The van der Waals surface area contributed by atoms with Crippen molar-refractivity contribution >= 4 is 21.7 Å². The normalized spacial score (nSPS) is 10.6. The van der Waals surface area contributed by atoms with Crippen molar-refractivity contribution in [2.75, 3.05) is 0 Å². The first-order valence-corrected chi connectivity index (χ1v) is 6.56. The molecular formula is C13H14BrN3O. The number of carbonyl (C=O) groups is 1. The first-order valence-electron chi connectivity index (χ1n) is 5.77. The van der Waals surface area contributed by atoms with Gasteiger partial charge in [-0.15, -0.1) is 0 Å². The second-order valence-corrected chi connectivity index (χ2v) is 5.00. The second kappa shape index (κ2) is 5.44. The molecule has 0 saturated heterocycles. The van der Waals surface area contributed by atoms with Crippen LogP contribution in [-0.4, -0.2) is 20.5 Å². The van der Waals surface area contributed by atoms with E-state index in [1.165, 1.54) is 0 Å². The average molecular weight is 308 g/mol. The predicted molar refractivity (Wildman–Crippen MR) is 72.6 cm³/mol. The molecular weight excluding hydrogens is 294 g/mol. The summed E-state index contributed by atoms with van der Waals surface area (Å²) in [6, 6.07) is 3.74. The number of aromatic nitrogens is 3. The molecule has 2 aromatic heterocycles. The molecule has 5 heteroatoms. The van der Waals surface area contributed by atoms with Gasteiger partial charge >= 0.3 is 0 Å². The molecule has 0 aliphatic rings. The molecule has 18 heavy (non-hydrogen) atoms. The highest BCUT2D eigenvalue weighted by Gasteiger charge is 2.12. The van der Waals surface area contributed by atoms with Gasteiger partial charge in [0.15, 0.2) is 5.78 Å². The van der Waals surface area contributed by atoms with Crippen LogP contribution in [0.2, 0.25) is 0 Å². The monoisotopic (exact) mass is 307 g/mol. The van der Waals surface area contributed by atoms with Crippen LogP contribution < -0.4 is 0 Å². The van der Waals surface area contributed by atoms with Gasteiger partial charge in [0.05, 0.1) is 12.1 Å². The molecule has 0 amide bonds. The van der Waals surface area contributed by atoms with Crippen LogP contribution in [0.1, 0.15) is 28.7 Å². The van der Waals surface area contributed by atoms with E-state index in [2.05, 4.69) is 26.0 Å². The number of hydrogen-bond donors (Lipinski definition) is 0. The van der Waals surface area contributed by atoms with Gasteiger partial charge in [-0.2, -0.15) is 5.10 Å². The van der Waals surface area contributed by atoms with Gasteiger partial charge in [-0.05, 0) is 41.9 Å². The molecule has 0 aliphatic carbocycles. The highest BCUT2D eigenvalue weighted by molar-refractivity contribution is 9.10. The van der Waals surface area contributed by atoms with Crippen molar-refractivity contribution in [3.63, 3.8) is 0 Å². The molecule has 0 aromatic carbocycles. The van der Waals surface area contributed by atoms with E-state index in [9.17, 15) is 4.79 Å². The molecule has 2 aromatic rings. The van der Waals surface area contributed by atoms with Crippen molar-refractivity contribution in [2.24, 2.45) is 0 Å². The quantitative estimate of drug-likeness (QED) is 0.816. The van der Waals surface area contributed by atoms with E-state index in [-0.39, 0.29) is 5.78 Å². The SMILES string of the molecule is CCn1nc(C)cc1CC(=O)c1cncc(Br)c1. The van der Waals surface area contributed by atoms with E-state index >= 15 is 0 Å². The highest BCUT2D eigenvalue weighted by Crippen LogP contribution is 2.13. The number of halogens is 1. The summed E-state index contributed by atoms with van der Waals surface area (Å²) in [5, 5.41) is 4.33. The van der Waals surface area contributed by atoms with Gasteiger partial charge in [0, 0.05) is 34.7 Å². The molecule has 0 unspecified atom stereocenters. The summed E-state index contributed by atoms with van der Waals surface area (Å²) in [5.41, 5.74) is 2.50. The van der Waals surface area contributed by atoms with Gasteiger partial charge in [-0.25, -0.2) is 0 Å². The van der Waals surface area contributed by atoms with Gasteiger partial charge in [0.2, 0.25) is 0 Å². The molecule has 0 radical (unpaired) electrons. The number of carbonyl (C=O) groups excluding carboxylic acids is 1. The molecule has 2 rings (SSSR count). The maximum atomic E-state index is 12.1. The molecule has 0 spiro atoms. The smallest absolute Gasteiger partial charge is 0.170 e. The number of aryl methyl sites for hydroxylation is 2. The third-order valence-electron chi connectivity index (χ3n) is 2.65. The van der Waals surface area contributed by atoms with Crippen molar-refractivity contribution < 1.29 is 4.79 Å². The van der Waals surface area contributed by atoms with Crippen LogP contribution in [0.5, 0.6) is 0 Å². The fourth-order valence-corrected chi connectivity index (χ4v) is 2.21. The standard InChI is InChI=1S/C13H14BrN3O/c1-3-17-12(4-9(2)16-17)6-13(18)10-5-11(14)8-15-7-10/h4-5,7-8H,3,6H2,1-2H3. The molecule has 0 N–H and O–H groups in total. The Labute approximate surface area is 114 Å². The van der Waals surface area contributed by atoms with E-state index in [1.807, 2.05) is 24.6 Å². The molecule has 0 atom stereocenters. The van der Waals surface area contributed by atoms with Gasteiger partial charge in [-0.1, -0.05) is 0 Å². The fourth-order valence-electron chi connectivity index (χ4n) is 1.85. The first-order chi connectivity index (χ1) is 8.60. The molecule has 2 heterocycles. The van der Waals surface area contributed by atoms with Gasteiger partial charge in [-0.3, -0.25) is 14.5 Å². The van der Waals surface area contributed by atoms with Crippen molar-refractivity contribution in [2.45, 2.75) is 26.8 Å². The molecule has 4 nitrogen and oxygen atoms in total. The van der Waals surface area contributed by atoms with Gasteiger partial charge in [0.1, 0.15) is 0 Å². The zero-order valence-corrected chi connectivity index (χ0v) is 11.9. The number of nitrogens with zero attached hydrogens (tertiary/aromatic N) is 3. The van der Waals surface area contributed by atoms with Crippen LogP contribution in [0.15, 0.2) is 29.0 Å². The Morgan fingerprint density at radius 2 is 2.17 bits per heavy atom. The van der Waals surface area contributed by atoms with Crippen molar-refractivity contribution in [3.8, 4) is 0 Å². The summed E-state index contributed by atoms with van der Waals surface area (Å²) in [6.45, 7) is 4.72. The summed E-state index contributed by atoms with van der Waals surface area (Å²) in [5.74, 6) is 0.0541. The van der Waals surface area contributed by atoms with Crippen molar-refractivity contribution in [1.82, 2.24) is 14.8 Å². The third-order valence-corrected chi connectivity index (χ3v) is 3.09. The van der Waals surface area contributed by atoms with Crippen LogP contribution >= 0.6 is 15.9 Å². The Bertz CT molecular complexity index is 577. The predicted octanol–water partition coefficient (Wildman–Crippen LogP) is 2.79. The Morgan fingerprint density at radius 3 is 2.83 bits per heavy atom. The summed E-state index contributed by atoms with van der Waals surface area (Å²) in [6.07, 6.45) is 3.61.